The molecule has 0 unspecified atom stereocenters. The number of nitrogens with two attached hydrogens (primary N) is 1. The summed E-state index contributed by atoms with van der Waals surface area (Å²) in [5.41, 5.74) is 7.21. The number of nitrogens with zero attached hydrogens (tertiary/aromatic N) is 4. The van der Waals surface area contributed by atoms with Crippen LogP contribution in [0.3, 0.4) is 0 Å². The molecule has 0 bridgehead atoms. The van der Waals surface area contributed by atoms with Gasteiger partial charge in [-0.2, -0.15) is 0 Å². The Morgan fingerprint density at radius 3 is 2.26 bits per heavy atom. The summed E-state index contributed by atoms with van der Waals surface area (Å²) in [6, 6.07) is 9.95. The molecule has 0 saturated carbocycles. The summed E-state index contributed by atoms with van der Waals surface area (Å²) in [4.78, 5) is 22.5. The zero-order valence-electron chi connectivity index (χ0n) is 20.4. The predicted octanol–water partition coefficient (Wildman–Crippen LogP) is 2.09. The van der Waals surface area contributed by atoms with E-state index in [0.29, 0.717) is 17.8 Å². The number of ether oxygens (including phenoxy) is 1. The SMILES string of the molecule is CC(=O)O.CC(=O)O.COCCN1CCC(CN(C)c2nnc([C@H](N)c3ccccc3)o2)CC1. The Labute approximate surface area is 200 Å². The molecule has 1 aliphatic rings. The molecule has 2 heterocycles. The highest BCUT2D eigenvalue weighted by atomic mass is 16.5. The van der Waals surface area contributed by atoms with E-state index in [9.17, 15) is 0 Å². The Bertz CT molecular complexity index is 819. The highest BCUT2D eigenvalue weighted by molar-refractivity contribution is 5.63. The first-order valence-electron chi connectivity index (χ1n) is 11.1. The van der Waals surface area contributed by atoms with Crippen molar-refractivity contribution in [3.8, 4) is 0 Å². The minimum atomic E-state index is -0.833. The van der Waals surface area contributed by atoms with Gasteiger partial charge in [-0.15, -0.1) is 5.10 Å². The minimum absolute atomic E-state index is 0.394. The van der Waals surface area contributed by atoms with Crippen LogP contribution in [0.1, 0.15) is 44.2 Å². The summed E-state index contributed by atoms with van der Waals surface area (Å²) in [5, 5.41) is 23.2. The van der Waals surface area contributed by atoms with Crippen molar-refractivity contribution in [1.29, 1.82) is 0 Å². The van der Waals surface area contributed by atoms with Crippen molar-refractivity contribution in [3.05, 3.63) is 41.8 Å². The second-order valence-electron chi connectivity index (χ2n) is 8.01. The van der Waals surface area contributed by atoms with E-state index in [1.807, 2.05) is 42.3 Å². The van der Waals surface area contributed by atoms with Crippen LogP contribution < -0.4 is 10.6 Å². The second-order valence-corrected chi connectivity index (χ2v) is 8.01. The van der Waals surface area contributed by atoms with Crippen LogP contribution in [-0.4, -0.2) is 84.2 Å². The molecular formula is C23H37N5O6. The van der Waals surface area contributed by atoms with Crippen LogP contribution in [0.15, 0.2) is 34.7 Å². The number of carboxylic acids is 2. The summed E-state index contributed by atoms with van der Waals surface area (Å²) in [5.74, 6) is -0.579. The molecule has 11 heteroatoms. The molecule has 1 fully saturated rings. The number of likely N-dealkylation sites (tertiary alicyclic amines) is 1. The van der Waals surface area contributed by atoms with E-state index in [2.05, 4.69) is 15.1 Å². The number of carboxylic acid groups (broad SMARTS) is 2. The van der Waals surface area contributed by atoms with E-state index in [1.165, 1.54) is 12.8 Å². The van der Waals surface area contributed by atoms with Gasteiger partial charge in [0.1, 0.15) is 6.04 Å². The molecule has 1 aromatic heterocycles. The van der Waals surface area contributed by atoms with Crippen LogP contribution in [0.5, 0.6) is 0 Å². The molecule has 34 heavy (non-hydrogen) atoms. The quantitative estimate of drug-likeness (QED) is 0.509. The van der Waals surface area contributed by atoms with Gasteiger partial charge in [-0.1, -0.05) is 35.4 Å². The molecular weight excluding hydrogens is 442 g/mol. The average Bonchev–Trinajstić information content (AvgIpc) is 3.28. The summed E-state index contributed by atoms with van der Waals surface area (Å²) in [6.07, 6.45) is 2.36. The van der Waals surface area contributed by atoms with Gasteiger partial charge in [0.25, 0.3) is 11.9 Å². The number of piperidine rings is 1. The Morgan fingerprint density at radius 2 is 1.74 bits per heavy atom. The standard InChI is InChI=1S/C19H29N5O2.2C2H4O2/c1-23(14-15-8-10-24(11-9-15)12-13-25-2)19-22-21-18(26-19)17(20)16-6-4-3-5-7-16;2*1-2(3)4/h3-7,15,17H,8-14,20H2,1-2H3;2*1H3,(H,3,4)/t17-;;/m1../s1. The van der Waals surface area contributed by atoms with Gasteiger partial charge >= 0.3 is 6.01 Å². The van der Waals surface area contributed by atoms with Gasteiger partial charge in [-0.25, -0.2) is 0 Å². The molecule has 0 amide bonds. The molecule has 3 rings (SSSR count). The van der Waals surface area contributed by atoms with Crippen molar-refractivity contribution in [2.24, 2.45) is 11.7 Å². The molecule has 1 aliphatic heterocycles. The zero-order chi connectivity index (χ0) is 25.5. The van der Waals surface area contributed by atoms with Crippen LogP contribution in [-0.2, 0) is 14.3 Å². The monoisotopic (exact) mass is 479 g/mol. The number of aliphatic carboxylic acids is 2. The number of rotatable bonds is 8. The summed E-state index contributed by atoms with van der Waals surface area (Å²) in [7, 11) is 3.76. The van der Waals surface area contributed by atoms with Crippen LogP contribution in [0, 0.1) is 5.92 Å². The third-order valence-corrected chi connectivity index (χ3v) is 5.03. The average molecular weight is 480 g/mol. The number of anilines is 1. The minimum Gasteiger partial charge on any atom is -0.481 e. The highest BCUT2D eigenvalue weighted by Gasteiger charge is 2.23. The van der Waals surface area contributed by atoms with E-state index in [4.69, 9.17) is 34.7 Å². The first kappa shape index (κ1) is 29.0. The first-order valence-corrected chi connectivity index (χ1v) is 11.1. The Kier molecular flexibility index (Phi) is 13.4. The normalized spacial score (nSPS) is 14.7. The zero-order valence-corrected chi connectivity index (χ0v) is 20.4. The van der Waals surface area contributed by atoms with Crippen molar-refractivity contribution >= 4 is 18.0 Å². The topological polar surface area (TPSA) is 155 Å². The van der Waals surface area contributed by atoms with Crippen molar-refractivity contribution in [1.82, 2.24) is 15.1 Å². The van der Waals surface area contributed by atoms with E-state index >= 15 is 0 Å². The van der Waals surface area contributed by atoms with Gasteiger partial charge in [0.2, 0.25) is 5.89 Å². The van der Waals surface area contributed by atoms with Gasteiger partial charge in [0.05, 0.1) is 6.61 Å². The van der Waals surface area contributed by atoms with Crippen molar-refractivity contribution in [2.75, 3.05) is 51.8 Å². The predicted molar refractivity (Wildman–Crippen MR) is 128 cm³/mol. The maximum Gasteiger partial charge on any atom is 0.317 e. The van der Waals surface area contributed by atoms with Gasteiger partial charge in [-0.3, -0.25) is 9.59 Å². The second kappa shape index (κ2) is 15.8. The summed E-state index contributed by atoms with van der Waals surface area (Å²) < 4.78 is 11.0. The lowest BCUT2D eigenvalue weighted by Crippen LogP contribution is -2.39. The maximum absolute atomic E-state index is 9.00. The van der Waals surface area contributed by atoms with Crippen LogP contribution in [0.25, 0.3) is 0 Å². The number of hydrogen-bond acceptors (Lipinski definition) is 9. The molecule has 0 spiro atoms. The fraction of sp³-hybridized carbons (Fsp3) is 0.565. The summed E-state index contributed by atoms with van der Waals surface area (Å²) in [6.45, 7) is 7.15. The molecule has 0 radical (unpaired) electrons. The Hall–Kier alpha value is -3.02. The van der Waals surface area contributed by atoms with E-state index in [1.54, 1.807) is 7.11 Å². The first-order chi connectivity index (χ1) is 16.1. The number of methoxy groups -OCH3 is 1. The van der Waals surface area contributed by atoms with Gasteiger partial charge in [0.15, 0.2) is 0 Å². The van der Waals surface area contributed by atoms with Gasteiger partial charge in [-0.05, 0) is 37.4 Å². The number of benzene rings is 1. The van der Waals surface area contributed by atoms with Gasteiger partial charge < -0.3 is 34.9 Å². The van der Waals surface area contributed by atoms with Crippen molar-refractivity contribution in [3.63, 3.8) is 0 Å². The number of hydrogen-bond donors (Lipinski definition) is 3. The molecule has 2 aromatic rings. The maximum atomic E-state index is 9.00. The Morgan fingerprint density at radius 1 is 1.18 bits per heavy atom. The lowest BCUT2D eigenvalue weighted by atomic mass is 9.96. The van der Waals surface area contributed by atoms with E-state index < -0.39 is 18.0 Å². The van der Waals surface area contributed by atoms with E-state index in [0.717, 1.165) is 52.2 Å². The molecule has 1 aromatic carbocycles. The molecule has 1 saturated heterocycles. The van der Waals surface area contributed by atoms with Crippen molar-refractivity contribution < 1.29 is 29.0 Å². The van der Waals surface area contributed by atoms with Crippen LogP contribution in [0.4, 0.5) is 6.01 Å². The fourth-order valence-corrected chi connectivity index (χ4v) is 3.39. The fourth-order valence-electron chi connectivity index (χ4n) is 3.39. The van der Waals surface area contributed by atoms with Crippen LogP contribution in [0.2, 0.25) is 0 Å². The van der Waals surface area contributed by atoms with E-state index in [-0.39, 0.29) is 0 Å². The molecule has 1 atom stereocenters. The van der Waals surface area contributed by atoms with Gasteiger partial charge in [0, 0.05) is 41.1 Å². The molecule has 11 nitrogen and oxygen atoms in total. The number of aromatic nitrogens is 2. The largest absolute Gasteiger partial charge is 0.481 e. The van der Waals surface area contributed by atoms with Crippen LogP contribution >= 0.6 is 0 Å². The summed E-state index contributed by atoms with van der Waals surface area (Å²) >= 11 is 0. The number of carbonyl (C=O) groups is 2. The molecule has 0 aliphatic carbocycles. The lowest BCUT2D eigenvalue weighted by molar-refractivity contribution is -0.135. The molecule has 190 valence electrons. The Balaban J connectivity index is 0.000000629. The molecule has 4 N–H and O–H groups in total. The highest BCUT2D eigenvalue weighted by Crippen LogP contribution is 2.23. The third kappa shape index (κ3) is 11.7. The van der Waals surface area contributed by atoms with Crippen molar-refractivity contribution in [2.45, 2.75) is 32.7 Å². The smallest absolute Gasteiger partial charge is 0.317 e. The lowest BCUT2D eigenvalue weighted by Gasteiger charge is -2.33. The third-order valence-electron chi connectivity index (χ3n) is 5.03.